The summed E-state index contributed by atoms with van der Waals surface area (Å²) >= 11 is 0. The molecule has 1 aromatic heterocycles. The lowest BCUT2D eigenvalue weighted by atomic mass is 9.77. The minimum atomic E-state index is -0.0760. The predicted octanol–water partition coefficient (Wildman–Crippen LogP) is 4.10. The molecule has 0 atom stereocenters. The second-order valence-electron chi connectivity index (χ2n) is 6.86. The van der Waals surface area contributed by atoms with Crippen molar-refractivity contribution in [1.82, 2.24) is 9.88 Å². The highest BCUT2D eigenvalue weighted by Crippen LogP contribution is 2.33. The molecule has 128 valence electrons. The average Bonchev–Trinajstić information content (AvgIpc) is 2.60. The molecule has 3 nitrogen and oxygen atoms in total. The van der Waals surface area contributed by atoms with E-state index in [1.165, 1.54) is 16.7 Å². The van der Waals surface area contributed by atoms with Gasteiger partial charge in [0.15, 0.2) is 0 Å². The Bertz CT molecular complexity index is 659. The molecule has 0 N–H and O–H groups in total. The first kappa shape index (κ1) is 18.3. The summed E-state index contributed by atoms with van der Waals surface area (Å²) in [5.41, 5.74) is 5.04. The van der Waals surface area contributed by atoms with Crippen LogP contribution in [0.25, 0.3) is 0 Å². The Morgan fingerprint density at radius 1 is 1.17 bits per heavy atom. The number of likely N-dealkylation sites (N-methyl/N-ethyl adjacent to an activating group) is 1. The van der Waals surface area contributed by atoms with Crippen LogP contribution < -0.4 is 0 Å². The van der Waals surface area contributed by atoms with Crippen LogP contribution in [0.3, 0.4) is 0 Å². The van der Waals surface area contributed by atoms with Gasteiger partial charge in [0, 0.05) is 24.7 Å². The molecule has 0 fully saturated rings. The third-order valence-corrected chi connectivity index (χ3v) is 4.71. The van der Waals surface area contributed by atoms with Crippen LogP contribution >= 0.6 is 0 Å². The molecule has 0 aliphatic rings. The summed E-state index contributed by atoms with van der Waals surface area (Å²) in [5, 5.41) is 0. The Morgan fingerprint density at radius 2 is 1.88 bits per heavy atom. The molecule has 1 aromatic carbocycles. The van der Waals surface area contributed by atoms with E-state index in [1.807, 2.05) is 12.3 Å². The van der Waals surface area contributed by atoms with Gasteiger partial charge in [-0.05, 0) is 42.9 Å². The molecule has 0 saturated carbocycles. The SMILES string of the molecule is C=NCCN(C)Cc1ncccc1C(C)(C)c1ccc(CC)cc1. The predicted molar refractivity (Wildman–Crippen MR) is 103 cm³/mol. The Hall–Kier alpha value is -2.00. The number of nitrogens with zero attached hydrogens (tertiary/aromatic N) is 3. The van der Waals surface area contributed by atoms with Crippen molar-refractivity contribution in [2.24, 2.45) is 4.99 Å². The first-order chi connectivity index (χ1) is 11.5. The number of pyridine rings is 1. The maximum Gasteiger partial charge on any atom is 0.0584 e. The molecule has 0 amide bonds. The van der Waals surface area contributed by atoms with Crippen molar-refractivity contribution in [3.05, 3.63) is 65.0 Å². The molecule has 24 heavy (non-hydrogen) atoms. The van der Waals surface area contributed by atoms with Gasteiger partial charge in [0.25, 0.3) is 0 Å². The Kier molecular flexibility index (Phi) is 6.27. The van der Waals surface area contributed by atoms with Gasteiger partial charge in [0.2, 0.25) is 0 Å². The van der Waals surface area contributed by atoms with Crippen LogP contribution in [0.2, 0.25) is 0 Å². The summed E-state index contributed by atoms with van der Waals surface area (Å²) in [6.07, 6.45) is 2.95. The maximum absolute atomic E-state index is 4.66. The Labute approximate surface area is 146 Å². The lowest BCUT2D eigenvalue weighted by Gasteiger charge is -2.29. The van der Waals surface area contributed by atoms with Gasteiger partial charge in [-0.1, -0.05) is 51.1 Å². The van der Waals surface area contributed by atoms with Gasteiger partial charge in [0.1, 0.15) is 0 Å². The van der Waals surface area contributed by atoms with Crippen LogP contribution in [0.5, 0.6) is 0 Å². The number of aryl methyl sites for hydroxylation is 1. The second-order valence-corrected chi connectivity index (χ2v) is 6.86. The molecule has 0 saturated heterocycles. The fraction of sp³-hybridized carbons (Fsp3) is 0.429. The number of benzene rings is 1. The highest BCUT2D eigenvalue weighted by Gasteiger charge is 2.26. The van der Waals surface area contributed by atoms with Gasteiger partial charge in [0.05, 0.1) is 12.2 Å². The van der Waals surface area contributed by atoms with Crippen LogP contribution in [0.15, 0.2) is 47.6 Å². The Morgan fingerprint density at radius 3 is 2.50 bits per heavy atom. The van der Waals surface area contributed by atoms with Crippen LogP contribution in [0, 0.1) is 0 Å². The summed E-state index contributed by atoms with van der Waals surface area (Å²) in [5.74, 6) is 0. The molecular weight excluding hydrogens is 294 g/mol. The molecular formula is C21H29N3. The van der Waals surface area contributed by atoms with Crippen molar-refractivity contribution in [1.29, 1.82) is 0 Å². The molecule has 2 aromatic rings. The average molecular weight is 323 g/mol. The smallest absolute Gasteiger partial charge is 0.0584 e. The number of hydrogen-bond donors (Lipinski definition) is 0. The fourth-order valence-corrected chi connectivity index (χ4v) is 3.02. The van der Waals surface area contributed by atoms with E-state index in [0.717, 1.165) is 31.7 Å². The third-order valence-electron chi connectivity index (χ3n) is 4.71. The van der Waals surface area contributed by atoms with Crippen molar-refractivity contribution < 1.29 is 0 Å². The van der Waals surface area contributed by atoms with E-state index in [4.69, 9.17) is 0 Å². The van der Waals surface area contributed by atoms with Crippen molar-refractivity contribution in [3.8, 4) is 0 Å². The van der Waals surface area contributed by atoms with Gasteiger partial charge in [-0.3, -0.25) is 14.9 Å². The van der Waals surface area contributed by atoms with Crippen LogP contribution in [0.1, 0.15) is 43.2 Å². The fourth-order valence-electron chi connectivity index (χ4n) is 3.02. The molecule has 0 radical (unpaired) electrons. The second kappa shape index (κ2) is 8.20. The molecule has 0 spiro atoms. The third kappa shape index (κ3) is 4.30. The molecule has 1 heterocycles. The monoisotopic (exact) mass is 323 g/mol. The largest absolute Gasteiger partial charge is 0.300 e. The highest BCUT2D eigenvalue weighted by atomic mass is 15.1. The molecule has 0 unspecified atom stereocenters. The van der Waals surface area contributed by atoms with Gasteiger partial charge >= 0.3 is 0 Å². The first-order valence-corrected chi connectivity index (χ1v) is 8.63. The minimum Gasteiger partial charge on any atom is -0.300 e. The minimum absolute atomic E-state index is 0.0760. The van der Waals surface area contributed by atoms with Crippen molar-refractivity contribution in [2.75, 3.05) is 20.1 Å². The van der Waals surface area contributed by atoms with Gasteiger partial charge < -0.3 is 0 Å². The summed E-state index contributed by atoms with van der Waals surface area (Å²) in [6.45, 7) is 12.8. The molecule has 0 aliphatic heterocycles. The van der Waals surface area contributed by atoms with E-state index >= 15 is 0 Å². The zero-order valence-electron chi connectivity index (χ0n) is 15.4. The van der Waals surface area contributed by atoms with E-state index < -0.39 is 0 Å². The number of aliphatic imine (C=N–C) groups is 1. The molecule has 0 aliphatic carbocycles. The zero-order valence-corrected chi connectivity index (χ0v) is 15.4. The molecule has 3 heteroatoms. The van der Waals surface area contributed by atoms with E-state index in [0.29, 0.717) is 0 Å². The number of hydrogen-bond acceptors (Lipinski definition) is 3. The van der Waals surface area contributed by atoms with Gasteiger partial charge in [-0.15, -0.1) is 0 Å². The Balaban J connectivity index is 2.30. The maximum atomic E-state index is 4.66. The first-order valence-electron chi connectivity index (χ1n) is 8.63. The van der Waals surface area contributed by atoms with E-state index in [2.05, 4.69) is 79.7 Å². The van der Waals surface area contributed by atoms with Crippen molar-refractivity contribution in [2.45, 2.75) is 39.2 Å². The van der Waals surface area contributed by atoms with Crippen LogP contribution in [-0.2, 0) is 18.4 Å². The highest BCUT2D eigenvalue weighted by molar-refractivity contribution is 5.40. The number of aromatic nitrogens is 1. The van der Waals surface area contributed by atoms with Crippen LogP contribution in [0.4, 0.5) is 0 Å². The normalized spacial score (nSPS) is 11.7. The van der Waals surface area contributed by atoms with Gasteiger partial charge in [-0.2, -0.15) is 0 Å². The van der Waals surface area contributed by atoms with Crippen molar-refractivity contribution >= 4 is 6.72 Å². The lowest BCUT2D eigenvalue weighted by Crippen LogP contribution is -2.26. The standard InChI is InChI=1S/C21H29N3/c1-6-17-9-11-18(12-10-17)21(2,3)19-8-7-13-23-20(19)16-24(5)15-14-22-4/h7-13H,4,6,14-16H2,1-3,5H3. The van der Waals surface area contributed by atoms with E-state index in [-0.39, 0.29) is 5.41 Å². The van der Waals surface area contributed by atoms with Crippen molar-refractivity contribution in [3.63, 3.8) is 0 Å². The summed E-state index contributed by atoms with van der Waals surface area (Å²) in [4.78, 5) is 10.9. The summed E-state index contributed by atoms with van der Waals surface area (Å²) in [7, 11) is 2.10. The van der Waals surface area contributed by atoms with Gasteiger partial charge in [-0.25, -0.2) is 0 Å². The topological polar surface area (TPSA) is 28.5 Å². The summed E-state index contributed by atoms with van der Waals surface area (Å²) in [6, 6.07) is 13.2. The lowest BCUT2D eigenvalue weighted by molar-refractivity contribution is 0.329. The molecule has 0 bridgehead atoms. The summed E-state index contributed by atoms with van der Waals surface area (Å²) < 4.78 is 0. The van der Waals surface area contributed by atoms with E-state index in [1.54, 1.807) is 0 Å². The zero-order chi connectivity index (χ0) is 17.6. The number of rotatable bonds is 8. The van der Waals surface area contributed by atoms with Crippen LogP contribution in [-0.4, -0.2) is 36.7 Å². The molecule has 2 rings (SSSR count). The quantitative estimate of drug-likeness (QED) is 0.684. The van der Waals surface area contributed by atoms with E-state index in [9.17, 15) is 0 Å².